The number of aryl methyl sites for hydroxylation is 1. The van der Waals surface area contributed by atoms with Crippen molar-refractivity contribution >= 4 is 0 Å². The summed E-state index contributed by atoms with van der Waals surface area (Å²) in [5, 5.41) is 14.3. The van der Waals surface area contributed by atoms with E-state index in [1.807, 2.05) is 6.92 Å². The van der Waals surface area contributed by atoms with E-state index in [-0.39, 0.29) is 12.8 Å². The minimum absolute atomic E-state index is 0.0713. The number of hydrogen-bond acceptors (Lipinski definition) is 2. The molecule has 0 aliphatic carbocycles. The second-order valence-corrected chi connectivity index (χ2v) is 4.68. The van der Waals surface area contributed by atoms with E-state index >= 15 is 0 Å². The molecule has 6 heteroatoms. The summed E-state index contributed by atoms with van der Waals surface area (Å²) in [5.41, 5.74) is -0.691. The molecule has 1 aromatic rings. The lowest BCUT2D eigenvalue weighted by Crippen LogP contribution is -2.26. The third-order valence-corrected chi connectivity index (χ3v) is 2.83. The van der Waals surface area contributed by atoms with Crippen molar-refractivity contribution in [2.24, 2.45) is 0 Å². The van der Waals surface area contributed by atoms with Crippen molar-refractivity contribution in [2.75, 3.05) is 0 Å². The van der Waals surface area contributed by atoms with Crippen molar-refractivity contribution in [2.45, 2.75) is 57.9 Å². The Morgan fingerprint density at radius 2 is 2.00 bits per heavy atom. The quantitative estimate of drug-likeness (QED) is 0.856. The van der Waals surface area contributed by atoms with Gasteiger partial charge in [0.15, 0.2) is 0 Å². The van der Waals surface area contributed by atoms with Crippen LogP contribution < -0.4 is 0 Å². The lowest BCUT2D eigenvalue weighted by Gasteiger charge is -2.24. The van der Waals surface area contributed by atoms with Crippen molar-refractivity contribution in [1.29, 1.82) is 0 Å². The average molecular weight is 264 g/mol. The Kier molecular flexibility index (Phi) is 4.78. The van der Waals surface area contributed by atoms with E-state index < -0.39 is 18.2 Å². The van der Waals surface area contributed by atoms with Crippen LogP contribution in [-0.4, -0.2) is 21.1 Å². The van der Waals surface area contributed by atoms with Gasteiger partial charge in [-0.3, -0.25) is 4.68 Å². The maximum atomic E-state index is 12.1. The molecule has 1 unspecified atom stereocenters. The third-order valence-electron chi connectivity index (χ3n) is 2.83. The van der Waals surface area contributed by atoms with Gasteiger partial charge in [-0.1, -0.05) is 6.92 Å². The zero-order valence-electron chi connectivity index (χ0n) is 10.7. The van der Waals surface area contributed by atoms with Crippen LogP contribution in [0.3, 0.4) is 0 Å². The summed E-state index contributed by atoms with van der Waals surface area (Å²) in [6.45, 7) is 4.16. The normalized spacial score (nSPS) is 15.7. The first-order valence-corrected chi connectivity index (χ1v) is 6.07. The molecule has 18 heavy (non-hydrogen) atoms. The summed E-state index contributed by atoms with van der Waals surface area (Å²) >= 11 is 0. The van der Waals surface area contributed by atoms with Gasteiger partial charge >= 0.3 is 6.18 Å². The molecule has 0 spiro atoms. The number of aromatic nitrogens is 2. The number of alkyl halides is 3. The van der Waals surface area contributed by atoms with Gasteiger partial charge in [-0.15, -0.1) is 0 Å². The topological polar surface area (TPSA) is 38.0 Å². The van der Waals surface area contributed by atoms with Crippen LogP contribution in [-0.2, 0) is 12.1 Å². The second-order valence-electron chi connectivity index (χ2n) is 4.68. The van der Waals surface area contributed by atoms with Crippen molar-refractivity contribution in [3.05, 3.63) is 18.0 Å². The summed E-state index contributed by atoms with van der Waals surface area (Å²) in [7, 11) is 0. The van der Waals surface area contributed by atoms with Gasteiger partial charge in [-0.05, 0) is 32.3 Å². The predicted molar refractivity (Wildman–Crippen MR) is 62.0 cm³/mol. The number of nitrogens with zero attached hydrogens (tertiary/aromatic N) is 2. The molecule has 104 valence electrons. The van der Waals surface area contributed by atoms with Crippen LogP contribution in [0, 0.1) is 0 Å². The van der Waals surface area contributed by atoms with Crippen molar-refractivity contribution in [3.63, 3.8) is 0 Å². The molecular weight excluding hydrogens is 245 g/mol. The molecule has 0 saturated carbocycles. The molecular formula is C12H19F3N2O. The van der Waals surface area contributed by atoms with E-state index in [1.165, 1.54) is 6.92 Å². The van der Waals surface area contributed by atoms with Gasteiger partial charge < -0.3 is 5.11 Å². The summed E-state index contributed by atoms with van der Waals surface area (Å²) in [6, 6.07) is 1.66. The summed E-state index contributed by atoms with van der Waals surface area (Å²) in [5.74, 6) is 0. The van der Waals surface area contributed by atoms with E-state index in [0.717, 1.165) is 6.42 Å². The van der Waals surface area contributed by atoms with Gasteiger partial charge in [0.25, 0.3) is 0 Å². The Balaban J connectivity index is 2.64. The Morgan fingerprint density at radius 1 is 1.33 bits per heavy atom. The van der Waals surface area contributed by atoms with Crippen LogP contribution in [0.4, 0.5) is 13.2 Å². The van der Waals surface area contributed by atoms with E-state index in [1.54, 1.807) is 16.9 Å². The smallest absolute Gasteiger partial charge is 0.384 e. The van der Waals surface area contributed by atoms with Crippen LogP contribution in [0.1, 0.15) is 45.2 Å². The highest BCUT2D eigenvalue weighted by atomic mass is 19.4. The first-order chi connectivity index (χ1) is 8.26. The first kappa shape index (κ1) is 15.0. The van der Waals surface area contributed by atoms with Gasteiger partial charge in [0.2, 0.25) is 0 Å². The Labute approximate surface area is 105 Å². The molecule has 0 saturated heterocycles. The van der Waals surface area contributed by atoms with Crippen LogP contribution in [0.2, 0.25) is 0 Å². The third kappa shape index (κ3) is 4.33. The molecule has 0 fully saturated rings. The lowest BCUT2D eigenvalue weighted by atomic mass is 9.95. The SMILES string of the molecule is CCCn1nccc1C(C)(O)CCCC(F)(F)F. The molecule has 0 aromatic carbocycles. The number of rotatable bonds is 6. The lowest BCUT2D eigenvalue weighted by molar-refractivity contribution is -0.138. The van der Waals surface area contributed by atoms with Gasteiger partial charge in [0.1, 0.15) is 5.60 Å². The Hall–Kier alpha value is -1.04. The fourth-order valence-corrected chi connectivity index (χ4v) is 1.94. The highest BCUT2D eigenvalue weighted by molar-refractivity contribution is 5.10. The first-order valence-electron chi connectivity index (χ1n) is 6.07. The zero-order chi connectivity index (χ0) is 13.8. The van der Waals surface area contributed by atoms with Crippen LogP contribution in [0.25, 0.3) is 0 Å². The van der Waals surface area contributed by atoms with Crippen molar-refractivity contribution < 1.29 is 18.3 Å². The fourth-order valence-electron chi connectivity index (χ4n) is 1.94. The van der Waals surface area contributed by atoms with E-state index in [4.69, 9.17) is 0 Å². The van der Waals surface area contributed by atoms with Crippen molar-refractivity contribution in [3.8, 4) is 0 Å². The van der Waals surface area contributed by atoms with E-state index in [0.29, 0.717) is 12.2 Å². The van der Waals surface area contributed by atoms with Crippen LogP contribution in [0.5, 0.6) is 0 Å². The maximum Gasteiger partial charge on any atom is 0.389 e. The van der Waals surface area contributed by atoms with E-state index in [2.05, 4.69) is 5.10 Å². The Morgan fingerprint density at radius 3 is 2.56 bits per heavy atom. The standard InChI is InChI=1S/C12H19F3N2O/c1-3-9-17-10(5-8-16-17)11(2,18)6-4-7-12(13,14)15/h5,8,18H,3-4,6-7,9H2,1-2H3. The highest BCUT2D eigenvalue weighted by Crippen LogP contribution is 2.30. The molecule has 0 aliphatic rings. The van der Waals surface area contributed by atoms with Crippen molar-refractivity contribution in [1.82, 2.24) is 9.78 Å². The molecule has 1 rings (SSSR count). The van der Waals surface area contributed by atoms with Crippen LogP contribution >= 0.6 is 0 Å². The number of halogens is 3. The minimum Gasteiger partial charge on any atom is -0.384 e. The summed E-state index contributed by atoms with van der Waals surface area (Å²) in [6.07, 6.45) is -2.64. The molecule has 0 radical (unpaired) electrons. The monoisotopic (exact) mass is 264 g/mol. The molecule has 1 aromatic heterocycles. The zero-order valence-corrected chi connectivity index (χ0v) is 10.7. The highest BCUT2D eigenvalue weighted by Gasteiger charge is 2.31. The molecule has 0 aliphatic heterocycles. The van der Waals surface area contributed by atoms with Gasteiger partial charge in [0, 0.05) is 19.2 Å². The minimum atomic E-state index is -4.17. The molecule has 1 N–H and O–H groups in total. The maximum absolute atomic E-state index is 12.1. The molecule has 3 nitrogen and oxygen atoms in total. The largest absolute Gasteiger partial charge is 0.389 e. The fraction of sp³-hybridized carbons (Fsp3) is 0.750. The van der Waals surface area contributed by atoms with Gasteiger partial charge in [0.05, 0.1) is 5.69 Å². The molecule has 0 amide bonds. The van der Waals surface area contributed by atoms with Crippen LogP contribution in [0.15, 0.2) is 12.3 Å². The molecule has 0 bridgehead atoms. The molecule has 1 heterocycles. The number of aliphatic hydroxyl groups is 1. The second kappa shape index (κ2) is 5.73. The van der Waals surface area contributed by atoms with E-state index in [9.17, 15) is 18.3 Å². The summed E-state index contributed by atoms with van der Waals surface area (Å²) < 4.78 is 37.9. The van der Waals surface area contributed by atoms with Gasteiger partial charge in [-0.25, -0.2) is 0 Å². The average Bonchev–Trinajstić information content (AvgIpc) is 2.64. The molecule has 1 atom stereocenters. The Bertz CT molecular complexity index is 372. The number of hydrogen-bond donors (Lipinski definition) is 1. The predicted octanol–water partition coefficient (Wildman–Crippen LogP) is 3.23. The summed E-state index contributed by atoms with van der Waals surface area (Å²) in [4.78, 5) is 0. The van der Waals surface area contributed by atoms with Gasteiger partial charge in [-0.2, -0.15) is 18.3 Å².